The Balaban J connectivity index is 2.13. The molecule has 1 rings (SSSR count). The molecule has 0 unspecified atom stereocenters. The van der Waals surface area contributed by atoms with Gasteiger partial charge in [-0.25, -0.2) is 0 Å². The first-order chi connectivity index (χ1) is 3.79. The summed E-state index contributed by atoms with van der Waals surface area (Å²) in [5.41, 5.74) is 0. The molecule has 0 aliphatic heterocycles. The molecule has 0 aromatic carbocycles. The van der Waals surface area contributed by atoms with Gasteiger partial charge in [-0.2, -0.15) is 0 Å². The molecular formula is C5H9BO2. The zero-order chi connectivity index (χ0) is 5.98. The van der Waals surface area contributed by atoms with Crippen molar-refractivity contribution in [3.63, 3.8) is 0 Å². The van der Waals surface area contributed by atoms with Crippen LogP contribution in [0.15, 0.2) is 12.1 Å². The lowest BCUT2D eigenvalue weighted by Gasteiger charge is -1.82. The van der Waals surface area contributed by atoms with Crippen LogP contribution in [0.2, 0.25) is 0 Å². The summed E-state index contributed by atoms with van der Waals surface area (Å²) in [4.78, 5) is 0. The molecule has 1 aliphatic rings. The highest BCUT2D eigenvalue weighted by molar-refractivity contribution is 6.47. The summed E-state index contributed by atoms with van der Waals surface area (Å²) in [6.07, 6.45) is 4.27. The van der Waals surface area contributed by atoms with Crippen molar-refractivity contribution in [1.82, 2.24) is 0 Å². The molecule has 0 radical (unpaired) electrons. The molecule has 1 fully saturated rings. The quantitative estimate of drug-likeness (QED) is 0.492. The molecule has 1 saturated carbocycles. The molecule has 0 bridgehead atoms. The standard InChI is InChI=1S/C5H9BO2/c7-6(8)4-3-5-1-2-5/h3-5,7-8H,1-2H2/b4-3+. The van der Waals surface area contributed by atoms with E-state index in [2.05, 4.69) is 0 Å². The van der Waals surface area contributed by atoms with Crippen LogP contribution in [0.25, 0.3) is 0 Å². The molecule has 0 amide bonds. The third-order valence-electron chi connectivity index (χ3n) is 1.18. The number of hydrogen-bond acceptors (Lipinski definition) is 2. The van der Waals surface area contributed by atoms with Crippen molar-refractivity contribution >= 4 is 7.12 Å². The highest BCUT2D eigenvalue weighted by atomic mass is 16.4. The minimum absolute atomic E-state index is 0.636. The molecule has 2 N–H and O–H groups in total. The van der Waals surface area contributed by atoms with Gasteiger partial charge in [0, 0.05) is 0 Å². The molecule has 0 atom stereocenters. The predicted molar refractivity (Wildman–Crippen MR) is 32.1 cm³/mol. The Kier molecular flexibility index (Phi) is 1.71. The summed E-state index contributed by atoms with van der Waals surface area (Å²) in [7, 11) is -1.25. The summed E-state index contributed by atoms with van der Waals surface area (Å²) in [6.45, 7) is 0. The minimum atomic E-state index is -1.25. The van der Waals surface area contributed by atoms with Crippen LogP contribution in [0, 0.1) is 5.92 Å². The average Bonchev–Trinajstić information content (AvgIpc) is 2.41. The van der Waals surface area contributed by atoms with Crippen LogP contribution in [0.4, 0.5) is 0 Å². The zero-order valence-corrected chi connectivity index (χ0v) is 4.62. The van der Waals surface area contributed by atoms with Crippen LogP contribution in [0.5, 0.6) is 0 Å². The van der Waals surface area contributed by atoms with Crippen molar-refractivity contribution in [2.24, 2.45) is 5.92 Å². The van der Waals surface area contributed by atoms with E-state index in [4.69, 9.17) is 10.0 Å². The third-order valence-corrected chi connectivity index (χ3v) is 1.18. The third kappa shape index (κ3) is 2.14. The van der Waals surface area contributed by atoms with E-state index < -0.39 is 7.12 Å². The summed E-state index contributed by atoms with van der Waals surface area (Å²) in [5, 5.41) is 16.6. The van der Waals surface area contributed by atoms with E-state index in [1.54, 1.807) is 0 Å². The molecule has 0 heterocycles. The summed E-state index contributed by atoms with van der Waals surface area (Å²) in [6, 6.07) is 0. The molecule has 0 saturated heterocycles. The van der Waals surface area contributed by atoms with Crippen LogP contribution in [0.3, 0.4) is 0 Å². The molecule has 2 nitrogen and oxygen atoms in total. The summed E-state index contributed by atoms with van der Waals surface area (Å²) in [5.74, 6) is 2.05. The van der Waals surface area contributed by atoms with Gasteiger partial charge in [0.1, 0.15) is 0 Å². The van der Waals surface area contributed by atoms with Crippen molar-refractivity contribution < 1.29 is 10.0 Å². The molecule has 3 heteroatoms. The van der Waals surface area contributed by atoms with Crippen LogP contribution in [-0.4, -0.2) is 17.2 Å². The molecule has 1 aliphatic carbocycles. The van der Waals surface area contributed by atoms with Gasteiger partial charge in [-0.05, 0) is 18.8 Å². The topological polar surface area (TPSA) is 40.5 Å². The maximum absolute atomic E-state index is 8.30. The maximum atomic E-state index is 8.30. The van der Waals surface area contributed by atoms with Gasteiger partial charge >= 0.3 is 7.12 Å². The molecule has 0 aromatic heterocycles. The smallest absolute Gasteiger partial charge is 0.424 e. The highest BCUT2D eigenvalue weighted by Gasteiger charge is 2.17. The van der Waals surface area contributed by atoms with E-state index in [1.807, 2.05) is 6.08 Å². The van der Waals surface area contributed by atoms with Crippen LogP contribution in [0.1, 0.15) is 12.8 Å². The Morgan fingerprint density at radius 1 is 1.38 bits per heavy atom. The molecule has 0 spiro atoms. The Hall–Kier alpha value is -0.275. The van der Waals surface area contributed by atoms with Crippen LogP contribution < -0.4 is 0 Å². The first kappa shape index (κ1) is 5.85. The number of allylic oxidation sites excluding steroid dienone is 1. The Labute approximate surface area is 49.0 Å². The van der Waals surface area contributed by atoms with E-state index in [1.165, 1.54) is 18.8 Å². The average molecular weight is 112 g/mol. The Bertz CT molecular complexity index is 92.6. The van der Waals surface area contributed by atoms with E-state index in [0.717, 1.165) is 0 Å². The lowest BCUT2D eigenvalue weighted by molar-refractivity contribution is 0.424. The van der Waals surface area contributed by atoms with Gasteiger partial charge in [-0.15, -0.1) is 0 Å². The fraction of sp³-hybridized carbons (Fsp3) is 0.600. The van der Waals surface area contributed by atoms with Gasteiger partial charge in [0.2, 0.25) is 0 Å². The number of hydrogen-bond donors (Lipinski definition) is 2. The normalized spacial score (nSPS) is 19.8. The lowest BCUT2D eigenvalue weighted by Crippen LogP contribution is -2.05. The monoisotopic (exact) mass is 112 g/mol. The lowest BCUT2D eigenvalue weighted by atomic mass is 9.91. The molecule has 8 heavy (non-hydrogen) atoms. The SMILES string of the molecule is OB(O)/C=C/C1CC1. The Morgan fingerprint density at radius 2 is 2.00 bits per heavy atom. The van der Waals surface area contributed by atoms with Gasteiger partial charge in [0.25, 0.3) is 0 Å². The zero-order valence-electron chi connectivity index (χ0n) is 4.62. The molecule has 44 valence electrons. The van der Waals surface area contributed by atoms with Crippen molar-refractivity contribution in [2.45, 2.75) is 12.8 Å². The first-order valence-electron chi connectivity index (χ1n) is 2.83. The summed E-state index contributed by atoms with van der Waals surface area (Å²) >= 11 is 0. The minimum Gasteiger partial charge on any atom is -0.424 e. The van der Waals surface area contributed by atoms with Gasteiger partial charge in [0.15, 0.2) is 0 Å². The van der Waals surface area contributed by atoms with Gasteiger partial charge in [0.05, 0.1) is 0 Å². The van der Waals surface area contributed by atoms with E-state index >= 15 is 0 Å². The maximum Gasteiger partial charge on any atom is 0.480 e. The van der Waals surface area contributed by atoms with E-state index in [9.17, 15) is 0 Å². The van der Waals surface area contributed by atoms with Crippen molar-refractivity contribution in [3.8, 4) is 0 Å². The van der Waals surface area contributed by atoms with E-state index in [-0.39, 0.29) is 0 Å². The summed E-state index contributed by atoms with van der Waals surface area (Å²) < 4.78 is 0. The first-order valence-corrected chi connectivity index (χ1v) is 2.83. The fourth-order valence-corrected chi connectivity index (χ4v) is 0.545. The van der Waals surface area contributed by atoms with E-state index in [0.29, 0.717) is 5.92 Å². The molecule has 0 aromatic rings. The fourth-order valence-electron chi connectivity index (χ4n) is 0.545. The van der Waals surface area contributed by atoms with Crippen molar-refractivity contribution in [2.75, 3.05) is 0 Å². The van der Waals surface area contributed by atoms with Gasteiger partial charge in [-0.3, -0.25) is 0 Å². The Morgan fingerprint density at radius 3 is 2.38 bits per heavy atom. The van der Waals surface area contributed by atoms with Gasteiger partial charge in [-0.1, -0.05) is 12.1 Å². The second kappa shape index (κ2) is 2.33. The number of rotatable bonds is 2. The van der Waals surface area contributed by atoms with Crippen LogP contribution >= 0.6 is 0 Å². The van der Waals surface area contributed by atoms with Crippen molar-refractivity contribution in [1.29, 1.82) is 0 Å². The second-order valence-corrected chi connectivity index (χ2v) is 2.14. The largest absolute Gasteiger partial charge is 0.480 e. The molecular weight excluding hydrogens is 103 g/mol. The van der Waals surface area contributed by atoms with Crippen molar-refractivity contribution in [3.05, 3.63) is 12.1 Å². The highest BCUT2D eigenvalue weighted by Crippen LogP contribution is 2.29. The van der Waals surface area contributed by atoms with Gasteiger partial charge < -0.3 is 10.0 Å². The van der Waals surface area contributed by atoms with Crippen LogP contribution in [-0.2, 0) is 0 Å². The second-order valence-electron chi connectivity index (χ2n) is 2.14. The predicted octanol–water partition coefficient (Wildman–Crippen LogP) is -0.0354.